The number of hydrogen-bond donors (Lipinski definition) is 1. The van der Waals surface area contributed by atoms with Crippen molar-refractivity contribution < 1.29 is 4.79 Å². The minimum atomic E-state index is -0.0619. The van der Waals surface area contributed by atoms with Crippen molar-refractivity contribution in [3.8, 4) is 0 Å². The summed E-state index contributed by atoms with van der Waals surface area (Å²) in [6, 6.07) is 13.0. The maximum Gasteiger partial charge on any atom is 0.253 e. The molecule has 164 valence electrons. The highest BCUT2D eigenvalue weighted by Gasteiger charge is 2.26. The lowest BCUT2D eigenvalue weighted by molar-refractivity contribution is 0.0865. The van der Waals surface area contributed by atoms with Crippen LogP contribution in [0.4, 0.5) is 0 Å². The van der Waals surface area contributed by atoms with Gasteiger partial charge >= 0.3 is 0 Å². The molecule has 0 radical (unpaired) electrons. The van der Waals surface area contributed by atoms with Crippen molar-refractivity contribution in [2.45, 2.75) is 26.3 Å². The van der Waals surface area contributed by atoms with Gasteiger partial charge in [0.1, 0.15) is 0 Å². The van der Waals surface area contributed by atoms with Gasteiger partial charge < -0.3 is 10.2 Å². The van der Waals surface area contributed by atoms with Gasteiger partial charge in [-0.15, -0.1) is 0 Å². The molecule has 1 aromatic carbocycles. The van der Waals surface area contributed by atoms with Crippen LogP contribution >= 0.6 is 0 Å². The Morgan fingerprint density at radius 2 is 1.90 bits per heavy atom. The summed E-state index contributed by atoms with van der Waals surface area (Å²) < 4.78 is 1.76. The second kappa shape index (κ2) is 9.16. The molecule has 1 aliphatic heterocycles. The minimum Gasteiger partial charge on any atom is -0.352 e. The second-order valence-electron chi connectivity index (χ2n) is 8.54. The van der Waals surface area contributed by atoms with Crippen molar-refractivity contribution in [3.63, 3.8) is 0 Å². The molecule has 1 aliphatic rings. The summed E-state index contributed by atoms with van der Waals surface area (Å²) in [6.07, 6.45) is 0.916. The fourth-order valence-electron chi connectivity index (χ4n) is 4.46. The van der Waals surface area contributed by atoms with Crippen LogP contribution in [0.5, 0.6) is 0 Å². The number of likely N-dealkylation sites (N-methyl/N-ethyl adjacent to an activating group) is 1. The number of fused-ring (bicyclic) bond motifs is 1. The molecule has 4 rings (SSSR count). The summed E-state index contributed by atoms with van der Waals surface area (Å²) in [4.78, 5) is 22.3. The van der Waals surface area contributed by atoms with E-state index in [0.29, 0.717) is 18.2 Å². The maximum absolute atomic E-state index is 12.8. The Balaban J connectivity index is 1.36. The molecule has 0 bridgehead atoms. The first-order valence-electron chi connectivity index (χ1n) is 11.0. The van der Waals surface area contributed by atoms with Crippen LogP contribution in [0.1, 0.15) is 39.8 Å². The van der Waals surface area contributed by atoms with Gasteiger partial charge in [0.25, 0.3) is 5.91 Å². The Bertz CT molecular complexity index is 1060. The number of rotatable bonds is 6. The Morgan fingerprint density at radius 3 is 2.68 bits per heavy atom. The monoisotopic (exact) mass is 420 g/mol. The van der Waals surface area contributed by atoms with E-state index in [1.807, 2.05) is 27.0 Å². The zero-order chi connectivity index (χ0) is 22.0. The summed E-state index contributed by atoms with van der Waals surface area (Å²) in [6.45, 7) is 8.59. The van der Waals surface area contributed by atoms with Crippen LogP contribution in [-0.2, 0) is 7.05 Å². The number of benzene rings is 1. The number of carbonyl (C=O) groups excluding carboxylic acids is 1. The van der Waals surface area contributed by atoms with Crippen molar-refractivity contribution in [2.75, 3.05) is 39.8 Å². The molecule has 3 heterocycles. The van der Waals surface area contributed by atoms with Crippen molar-refractivity contribution in [2.24, 2.45) is 7.05 Å². The van der Waals surface area contributed by atoms with Crippen molar-refractivity contribution in [3.05, 3.63) is 58.9 Å². The molecule has 0 spiro atoms. The molecule has 1 atom stereocenters. The van der Waals surface area contributed by atoms with Gasteiger partial charge in [0.05, 0.1) is 17.0 Å². The molecule has 7 nitrogen and oxygen atoms in total. The lowest BCUT2D eigenvalue weighted by Crippen LogP contribution is -2.47. The van der Waals surface area contributed by atoms with E-state index in [0.717, 1.165) is 55.0 Å². The van der Waals surface area contributed by atoms with Crippen LogP contribution < -0.4 is 5.32 Å². The summed E-state index contributed by atoms with van der Waals surface area (Å²) in [5, 5.41) is 8.43. The Labute approximate surface area is 184 Å². The van der Waals surface area contributed by atoms with E-state index in [4.69, 9.17) is 0 Å². The third-order valence-corrected chi connectivity index (χ3v) is 6.22. The highest BCUT2D eigenvalue weighted by molar-refractivity contribution is 5.98. The van der Waals surface area contributed by atoms with E-state index >= 15 is 0 Å². The molecule has 1 N–H and O–H groups in total. The zero-order valence-electron chi connectivity index (χ0n) is 18.9. The van der Waals surface area contributed by atoms with Gasteiger partial charge in [0.15, 0.2) is 5.65 Å². The molecule has 0 saturated carbocycles. The Kier molecular flexibility index (Phi) is 6.34. The molecule has 3 aromatic rings. The first-order chi connectivity index (χ1) is 14.9. The van der Waals surface area contributed by atoms with Gasteiger partial charge in [0, 0.05) is 51.2 Å². The summed E-state index contributed by atoms with van der Waals surface area (Å²) >= 11 is 0. The zero-order valence-corrected chi connectivity index (χ0v) is 18.9. The molecule has 1 saturated heterocycles. The van der Waals surface area contributed by atoms with Crippen molar-refractivity contribution in [1.82, 2.24) is 29.9 Å². The average Bonchev–Trinajstić information content (AvgIpc) is 3.04. The molecule has 1 fully saturated rings. The number of pyridine rings is 1. The van der Waals surface area contributed by atoms with E-state index in [2.05, 4.69) is 62.6 Å². The number of hydrogen-bond acceptors (Lipinski definition) is 5. The highest BCUT2D eigenvalue weighted by atomic mass is 16.1. The largest absolute Gasteiger partial charge is 0.352 e. The number of aryl methyl sites for hydroxylation is 3. The Hall–Kier alpha value is -2.77. The van der Waals surface area contributed by atoms with Crippen molar-refractivity contribution in [1.29, 1.82) is 0 Å². The van der Waals surface area contributed by atoms with Crippen LogP contribution in [0.3, 0.4) is 0 Å². The molecule has 2 aromatic heterocycles. The normalized spacial score (nSPS) is 17.9. The number of carbonyl (C=O) groups is 1. The van der Waals surface area contributed by atoms with Gasteiger partial charge in [0.2, 0.25) is 0 Å². The topological polar surface area (TPSA) is 66.3 Å². The predicted octanol–water partition coefficient (Wildman–Crippen LogP) is 2.69. The van der Waals surface area contributed by atoms with Gasteiger partial charge in [-0.25, -0.2) is 4.98 Å². The van der Waals surface area contributed by atoms with Crippen LogP contribution in [0.2, 0.25) is 0 Å². The second-order valence-corrected chi connectivity index (χ2v) is 8.54. The van der Waals surface area contributed by atoms with Crippen LogP contribution in [-0.4, -0.2) is 70.2 Å². The van der Waals surface area contributed by atoms with Crippen LogP contribution in [0.25, 0.3) is 11.0 Å². The van der Waals surface area contributed by atoms with Crippen LogP contribution in [0.15, 0.2) is 36.4 Å². The highest BCUT2D eigenvalue weighted by Crippen LogP contribution is 2.25. The van der Waals surface area contributed by atoms with Gasteiger partial charge in [-0.1, -0.05) is 30.3 Å². The van der Waals surface area contributed by atoms with E-state index in [1.165, 1.54) is 5.56 Å². The first kappa shape index (κ1) is 21.5. The third kappa shape index (κ3) is 4.62. The maximum atomic E-state index is 12.8. The molecular weight excluding hydrogens is 388 g/mol. The molecule has 0 aliphatic carbocycles. The van der Waals surface area contributed by atoms with E-state index in [1.54, 1.807) is 4.68 Å². The Morgan fingerprint density at radius 1 is 1.13 bits per heavy atom. The van der Waals surface area contributed by atoms with E-state index in [9.17, 15) is 4.79 Å². The molecule has 1 amide bonds. The fraction of sp³-hybridized carbons (Fsp3) is 0.458. The molecular formula is C24H32N6O. The minimum absolute atomic E-state index is 0.0619. The van der Waals surface area contributed by atoms with Gasteiger partial charge in [-0.05, 0) is 38.9 Å². The van der Waals surface area contributed by atoms with Crippen molar-refractivity contribution >= 4 is 16.9 Å². The van der Waals surface area contributed by atoms with E-state index < -0.39 is 0 Å². The SMILES string of the molecule is Cc1nc2c(cc1C(=O)NCCCN1CCN(C)CC1c1ccccc1)c(C)nn2C. The summed E-state index contributed by atoms with van der Waals surface area (Å²) in [7, 11) is 4.06. The third-order valence-electron chi connectivity index (χ3n) is 6.22. The number of nitrogens with zero attached hydrogens (tertiary/aromatic N) is 5. The number of piperazine rings is 1. The lowest BCUT2D eigenvalue weighted by atomic mass is 10.0. The van der Waals surface area contributed by atoms with Gasteiger partial charge in [-0.3, -0.25) is 14.4 Å². The number of nitrogens with one attached hydrogen (secondary N) is 1. The molecule has 1 unspecified atom stereocenters. The first-order valence-corrected chi connectivity index (χ1v) is 11.0. The quantitative estimate of drug-likeness (QED) is 0.621. The predicted molar refractivity (Wildman–Crippen MR) is 123 cm³/mol. The smallest absolute Gasteiger partial charge is 0.253 e. The summed E-state index contributed by atoms with van der Waals surface area (Å²) in [5.41, 5.74) is 4.43. The molecule has 7 heteroatoms. The van der Waals surface area contributed by atoms with E-state index in [-0.39, 0.29) is 5.91 Å². The lowest BCUT2D eigenvalue weighted by Gasteiger charge is -2.40. The number of aromatic nitrogens is 3. The van der Waals surface area contributed by atoms with Crippen LogP contribution in [0, 0.1) is 13.8 Å². The fourth-order valence-corrected chi connectivity index (χ4v) is 4.46. The average molecular weight is 421 g/mol. The standard InChI is InChI=1S/C24H32N6O/c1-17-21(15-20-18(2)27-29(4)23(20)26-17)24(31)25-11-8-12-30-14-13-28(3)16-22(30)19-9-6-5-7-10-19/h5-7,9-10,15,22H,8,11-14,16H2,1-4H3,(H,25,31). The number of amides is 1. The van der Waals surface area contributed by atoms with Gasteiger partial charge in [-0.2, -0.15) is 5.10 Å². The molecule has 31 heavy (non-hydrogen) atoms. The summed E-state index contributed by atoms with van der Waals surface area (Å²) in [5.74, 6) is -0.0619.